The summed E-state index contributed by atoms with van der Waals surface area (Å²) in [5.41, 5.74) is 0.686. The van der Waals surface area contributed by atoms with Gasteiger partial charge in [-0.05, 0) is 73.7 Å². The van der Waals surface area contributed by atoms with Crippen molar-refractivity contribution in [2.75, 3.05) is 0 Å². The second kappa shape index (κ2) is 7.86. The number of halogens is 2. The lowest BCUT2D eigenvalue weighted by Crippen LogP contribution is -2.47. The maximum Gasteiger partial charge on any atom is 0.407 e. The van der Waals surface area contributed by atoms with Gasteiger partial charge in [-0.15, -0.1) is 0 Å². The number of benzene rings is 1. The van der Waals surface area contributed by atoms with Crippen molar-refractivity contribution in [3.8, 4) is 0 Å². The van der Waals surface area contributed by atoms with Gasteiger partial charge < -0.3 is 15.4 Å². The van der Waals surface area contributed by atoms with E-state index in [9.17, 15) is 4.79 Å². The third kappa shape index (κ3) is 5.98. The SMILES string of the molecule is CC(C)(C)OC(=O)NC1CCCC1NCc1ccc(Cl)c(Br)c1. The van der Waals surface area contributed by atoms with Crippen LogP contribution in [0.2, 0.25) is 5.02 Å². The molecule has 1 aromatic carbocycles. The summed E-state index contributed by atoms with van der Waals surface area (Å²) in [4.78, 5) is 11.9. The van der Waals surface area contributed by atoms with E-state index in [4.69, 9.17) is 16.3 Å². The smallest absolute Gasteiger partial charge is 0.407 e. The van der Waals surface area contributed by atoms with Crippen LogP contribution in [0, 0.1) is 0 Å². The van der Waals surface area contributed by atoms with Crippen molar-refractivity contribution in [2.45, 2.75) is 64.3 Å². The van der Waals surface area contributed by atoms with Crippen LogP contribution in [-0.2, 0) is 11.3 Å². The second-order valence-electron chi connectivity index (χ2n) is 6.92. The number of carbonyl (C=O) groups excluding carboxylic acids is 1. The molecule has 0 aliphatic heterocycles. The molecule has 1 aliphatic rings. The minimum atomic E-state index is -0.471. The van der Waals surface area contributed by atoms with E-state index in [2.05, 4.69) is 26.6 Å². The third-order valence-electron chi connectivity index (χ3n) is 3.77. The highest BCUT2D eigenvalue weighted by Gasteiger charge is 2.29. The number of alkyl carbamates (subject to hydrolysis) is 1. The van der Waals surface area contributed by atoms with Crippen molar-refractivity contribution in [3.05, 3.63) is 33.3 Å². The molecular formula is C17H24BrClN2O2. The Morgan fingerprint density at radius 1 is 1.35 bits per heavy atom. The zero-order chi connectivity index (χ0) is 17.0. The number of nitrogens with one attached hydrogen (secondary N) is 2. The summed E-state index contributed by atoms with van der Waals surface area (Å²) >= 11 is 9.45. The summed E-state index contributed by atoms with van der Waals surface area (Å²) in [5, 5.41) is 7.22. The van der Waals surface area contributed by atoms with E-state index in [0.717, 1.165) is 35.8 Å². The molecule has 1 aromatic rings. The van der Waals surface area contributed by atoms with E-state index in [0.29, 0.717) is 5.02 Å². The Hall–Kier alpha value is -0.780. The molecule has 4 nitrogen and oxygen atoms in total. The Bertz CT molecular complexity index is 560. The van der Waals surface area contributed by atoms with Gasteiger partial charge in [0.15, 0.2) is 0 Å². The highest BCUT2D eigenvalue weighted by molar-refractivity contribution is 9.10. The summed E-state index contributed by atoms with van der Waals surface area (Å²) < 4.78 is 6.24. The molecule has 2 rings (SSSR count). The number of carbonyl (C=O) groups is 1. The van der Waals surface area contributed by atoms with E-state index in [1.807, 2.05) is 39.0 Å². The normalized spacial score (nSPS) is 21.3. The molecule has 0 aromatic heterocycles. The van der Waals surface area contributed by atoms with Gasteiger partial charge in [0.1, 0.15) is 5.60 Å². The monoisotopic (exact) mass is 402 g/mol. The summed E-state index contributed by atoms with van der Waals surface area (Å²) in [6.07, 6.45) is 2.78. The van der Waals surface area contributed by atoms with Crippen molar-refractivity contribution in [1.82, 2.24) is 10.6 Å². The van der Waals surface area contributed by atoms with Crippen molar-refractivity contribution < 1.29 is 9.53 Å². The first-order valence-corrected chi connectivity index (χ1v) is 9.08. The Morgan fingerprint density at radius 3 is 2.70 bits per heavy atom. The van der Waals surface area contributed by atoms with Gasteiger partial charge in [0.25, 0.3) is 0 Å². The average molecular weight is 404 g/mol. The molecule has 2 unspecified atom stereocenters. The first-order valence-electron chi connectivity index (χ1n) is 7.91. The van der Waals surface area contributed by atoms with E-state index < -0.39 is 5.60 Å². The fourth-order valence-electron chi connectivity index (χ4n) is 2.73. The van der Waals surface area contributed by atoms with Crippen molar-refractivity contribution in [1.29, 1.82) is 0 Å². The van der Waals surface area contributed by atoms with E-state index >= 15 is 0 Å². The lowest BCUT2D eigenvalue weighted by atomic mass is 10.1. The zero-order valence-corrected chi connectivity index (χ0v) is 16.1. The molecule has 0 saturated heterocycles. The minimum absolute atomic E-state index is 0.112. The van der Waals surface area contributed by atoms with Crippen molar-refractivity contribution in [3.63, 3.8) is 0 Å². The van der Waals surface area contributed by atoms with Crippen LogP contribution in [0.25, 0.3) is 0 Å². The summed E-state index contributed by atoms with van der Waals surface area (Å²) in [5.74, 6) is 0. The molecule has 1 amide bonds. The molecule has 1 aliphatic carbocycles. The Morgan fingerprint density at radius 2 is 2.04 bits per heavy atom. The predicted octanol–water partition coefficient (Wildman–Crippen LogP) is 4.64. The topological polar surface area (TPSA) is 50.4 Å². The molecule has 1 fully saturated rings. The number of hydrogen-bond acceptors (Lipinski definition) is 3. The maximum absolute atomic E-state index is 11.9. The van der Waals surface area contributed by atoms with Crippen LogP contribution in [0.1, 0.15) is 45.6 Å². The van der Waals surface area contributed by atoms with Crippen LogP contribution in [0.4, 0.5) is 4.79 Å². The molecule has 0 spiro atoms. The Balaban J connectivity index is 1.86. The van der Waals surface area contributed by atoms with Gasteiger partial charge in [-0.1, -0.05) is 17.7 Å². The fourth-order valence-corrected chi connectivity index (χ4v) is 3.28. The second-order valence-corrected chi connectivity index (χ2v) is 8.18. The Kier molecular flexibility index (Phi) is 6.34. The van der Waals surface area contributed by atoms with Gasteiger partial charge in [-0.2, -0.15) is 0 Å². The molecule has 0 heterocycles. The van der Waals surface area contributed by atoms with Crippen LogP contribution >= 0.6 is 27.5 Å². The van der Waals surface area contributed by atoms with Crippen LogP contribution in [0.5, 0.6) is 0 Å². The van der Waals surface area contributed by atoms with Gasteiger partial charge in [-0.25, -0.2) is 4.79 Å². The molecule has 6 heteroatoms. The van der Waals surface area contributed by atoms with Crippen LogP contribution < -0.4 is 10.6 Å². The molecule has 2 N–H and O–H groups in total. The van der Waals surface area contributed by atoms with E-state index in [-0.39, 0.29) is 18.2 Å². The third-order valence-corrected chi connectivity index (χ3v) is 4.98. The molecule has 0 bridgehead atoms. The molecule has 2 atom stereocenters. The largest absolute Gasteiger partial charge is 0.444 e. The summed E-state index contributed by atoms with van der Waals surface area (Å²) in [6, 6.07) is 6.28. The highest BCUT2D eigenvalue weighted by Crippen LogP contribution is 2.24. The van der Waals surface area contributed by atoms with Gasteiger partial charge in [-0.3, -0.25) is 0 Å². The summed E-state index contributed by atoms with van der Waals surface area (Å²) in [6.45, 7) is 6.35. The minimum Gasteiger partial charge on any atom is -0.444 e. The number of amides is 1. The predicted molar refractivity (Wildman–Crippen MR) is 96.8 cm³/mol. The first-order chi connectivity index (χ1) is 10.7. The van der Waals surface area contributed by atoms with Gasteiger partial charge in [0.2, 0.25) is 0 Å². The highest BCUT2D eigenvalue weighted by atomic mass is 79.9. The number of rotatable bonds is 4. The fraction of sp³-hybridized carbons (Fsp3) is 0.588. The van der Waals surface area contributed by atoms with Crippen LogP contribution in [0.15, 0.2) is 22.7 Å². The lowest BCUT2D eigenvalue weighted by Gasteiger charge is -2.25. The zero-order valence-electron chi connectivity index (χ0n) is 13.8. The number of hydrogen-bond donors (Lipinski definition) is 2. The number of ether oxygens (including phenoxy) is 1. The van der Waals surface area contributed by atoms with E-state index in [1.165, 1.54) is 0 Å². The molecule has 128 valence electrons. The lowest BCUT2D eigenvalue weighted by molar-refractivity contribution is 0.0498. The Labute approximate surface area is 151 Å². The maximum atomic E-state index is 11.9. The summed E-state index contributed by atoms with van der Waals surface area (Å²) in [7, 11) is 0. The molecular weight excluding hydrogens is 380 g/mol. The standard InChI is InChI=1S/C17H24BrClN2O2/c1-17(2,3)23-16(22)21-15-6-4-5-14(15)20-10-11-7-8-13(19)12(18)9-11/h7-9,14-15,20H,4-6,10H2,1-3H3,(H,21,22). The van der Waals surface area contributed by atoms with Crippen LogP contribution in [0.3, 0.4) is 0 Å². The molecule has 0 radical (unpaired) electrons. The van der Waals surface area contributed by atoms with E-state index in [1.54, 1.807) is 0 Å². The van der Waals surface area contributed by atoms with Gasteiger partial charge in [0, 0.05) is 23.1 Å². The van der Waals surface area contributed by atoms with Gasteiger partial charge >= 0.3 is 6.09 Å². The van der Waals surface area contributed by atoms with Crippen LogP contribution in [-0.4, -0.2) is 23.8 Å². The van der Waals surface area contributed by atoms with Gasteiger partial charge in [0.05, 0.1) is 5.02 Å². The quantitative estimate of drug-likeness (QED) is 0.770. The van der Waals surface area contributed by atoms with Crippen molar-refractivity contribution in [2.24, 2.45) is 0 Å². The van der Waals surface area contributed by atoms with Crippen molar-refractivity contribution >= 4 is 33.6 Å². The first kappa shape index (κ1) is 18.6. The molecule has 1 saturated carbocycles. The molecule has 23 heavy (non-hydrogen) atoms. The average Bonchev–Trinajstić information content (AvgIpc) is 2.85.